The molecule has 0 aromatic heterocycles. The lowest BCUT2D eigenvalue weighted by molar-refractivity contribution is 0.0282. The quantitative estimate of drug-likeness (QED) is 0.866. The van der Waals surface area contributed by atoms with Gasteiger partial charge in [0.15, 0.2) is 0 Å². The Morgan fingerprint density at radius 2 is 2.04 bits per heavy atom. The molecular weight excluding hydrogens is 294 g/mol. The Labute approximate surface area is 136 Å². The SMILES string of the molecule is CC(C)(C)OC(=O)N1CC[C@H](N2Cc3ccccc3NC2=O)C1. The zero-order valence-corrected chi connectivity index (χ0v) is 13.8. The average molecular weight is 317 g/mol. The van der Waals surface area contributed by atoms with Gasteiger partial charge in [-0.3, -0.25) is 0 Å². The van der Waals surface area contributed by atoms with Gasteiger partial charge in [0.1, 0.15) is 5.60 Å². The van der Waals surface area contributed by atoms with Crippen molar-refractivity contribution in [2.24, 2.45) is 0 Å². The Morgan fingerprint density at radius 3 is 2.78 bits per heavy atom. The first-order valence-electron chi connectivity index (χ1n) is 7.97. The Kier molecular flexibility index (Phi) is 3.92. The van der Waals surface area contributed by atoms with Crippen molar-refractivity contribution in [3.05, 3.63) is 29.8 Å². The maximum absolute atomic E-state index is 12.3. The van der Waals surface area contributed by atoms with Crippen molar-refractivity contribution >= 4 is 17.8 Å². The largest absolute Gasteiger partial charge is 0.444 e. The molecule has 1 atom stereocenters. The molecule has 1 fully saturated rings. The van der Waals surface area contributed by atoms with E-state index < -0.39 is 5.60 Å². The second-order valence-electron chi connectivity index (χ2n) is 7.08. The lowest BCUT2D eigenvalue weighted by atomic mass is 10.1. The number of nitrogens with zero attached hydrogens (tertiary/aromatic N) is 2. The number of carbonyl (C=O) groups is 2. The Balaban J connectivity index is 1.65. The molecule has 124 valence electrons. The second kappa shape index (κ2) is 5.76. The van der Waals surface area contributed by atoms with Crippen LogP contribution in [0.2, 0.25) is 0 Å². The predicted molar refractivity (Wildman–Crippen MR) is 87.2 cm³/mol. The molecule has 0 aliphatic carbocycles. The van der Waals surface area contributed by atoms with Gasteiger partial charge in [-0.2, -0.15) is 0 Å². The van der Waals surface area contributed by atoms with Crippen molar-refractivity contribution in [3.8, 4) is 0 Å². The number of hydrogen-bond acceptors (Lipinski definition) is 3. The summed E-state index contributed by atoms with van der Waals surface area (Å²) in [6, 6.07) is 7.73. The monoisotopic (exact) mass is 317 g/mol. The highest BCUT2D eigenvalue weighted by Crippen LogP contribution is 2.27. The van der Waals surface area contributed by atoms with Crippen LogP contribution in [0.1, 0.15) is 32.8 Å². The molecule has 3 rings (SSSR count). The third kappa shape index (κ3) is 3.41. The molecule has 1 aromatic carbocycles. The first-order chi connectivity index (χ1) is 10.8. The van der Waals surface area contributed by atoms with Gasteiger partial charge in [-0.05, 0) is 38.8 Å². The fraction of sp³-hybridized carbons (Fsp3) is 0.529. The standard InChI is InChI=1S/C17H23N3O3/c1-17(2,3)23-16(22)19-9-8-13(11-19)20-10-12-6-4-5-7-14(12)18-15(20)21/h4-7,13H,8-11H2,1-3H3,(H,18,21)/t13-/m0/s1. The van der Waals surface area contributed by atoms with Gasteiger partial charge in [-0.25, -0.2) is 9.59 Å². The summed E-state index contributed by atoms with van der Waals surface area (Å²) >= 11 is 0. The maximum atomic E-state index is 12.3. The van der Waals surface area contributed by atoms with Crippen molar-refractivity contribution in [1.29, 1.82) is 0 Å². The first kappa shape index (κ1) is 15.6. The summed E-state index contributed by atoms with van der Waals surface area (Å²) in [4.78, 5) is 28.0. The highest BCUT2D eigenvalue weighted by molar-refractivity contribution is 5.92. The molecule has 0 unspecified atom stereocenters. The van der Waals surface area contributed by atoms with Crippen molar-refractivity contribution in [1.82, 2.24) is 9.80 Å². The van der Waals surface area contributed by atoms with Crippen LogP contribution in [0.15, 0.2) is 24.3 Å². The number of nitrogens with one attached hydrogen (secondary N) is 1. The fourth-order valence-corrected chi connectivity index (χ4v) is 3.01. The van der Waals surface area contributed by atoms with Crippen LogP contribution in [0, 0.1) is 0 Å². The van der Waals surface area contributed by atoms with E-state index in [2.05, 4.69) is 5.32 Å². The number of hydrogen-bond donors (Lipinski definition) is 1. The lowest BCUT2D eigenvalue weighted by Gasteiger charge is -2.34. The molecule has 6 nitrogen and oxygen atoms in total. The Bertz CT molecular complexity index is 624. The lowest BCUT2D eigenvalue weighted by Crippen LogP contribution is -2.47. The third-order valence-corrected chi connectivity index (χ3v) is 4.12. The number of urea groups is 1. The van der Waals surface area contributed by atoms with Crippen LogP contribution in [0.3, 0.4) is 0 Å². The van der Waals surface area contributed by atoms with E-state index >= 15 is 0 Å². The van der Waals surface area contributed by atoms with Crippen LogP contribution in [0.25, 0.3) is 0 Å². The second-order valence-corrected chi connectivity index (χ2v) is 7.08. The van der Waals surface area contributed by atoms with Gasteiger partial charge in [0.05, 0.1) is 6.04 Å². The van der Waals surface area contributed by atoms with Crippen molar-refractivity contribution in [2.45, 2.75) is 45.4 Å². The minimum Gasteiger partial charge on any atom is -0.444 e. The molecule has 0 saturated carbocycles. The number of rotatable bonds is 1. The molecule has 6 heteroatoms. The molecule has 2 aliphatic rings. The first-order valence-corrected chi connectivity index (χ1v) is 7.97. The molecular formula is C17H23N3O3. The van der Waals surface area contributed by atoms with Gasteiger partial charge in [0, 0.05) is 25.3 Å². The summed E-state index contributed by atoms with van der Waals surface area (Å²) in [6.07, 6.45) is 0.465. The summed E-state index contributed by atoms with van der Waals surface area (Å²) < 4.78 is 5.41. The maximum Gasteiger partial charge on any atom is 0.410 e. The number of fused-ring (bicyclic) bond motifs is 1. The number of para-hydroxylation sites is 1. The zero-order valence-electron chi connectivity index (χ0n) is 13.8. The van der Waals surface area contributed by atoms with Crippen LogP contribution in [-0.2, 0) is 11.3 Å². The molecule has 3 amide bonds. The highest BCUT2D eigenvalue weighted by Gasteiger charge is 2.36. The molecule has 1 N–H and O–H groups in total. The van der Waals surface area contributed by atoms with Crippen LogP contribution < -0.4 is 5.32 Å². The van der Waals surface area contributed by atoms with Crippen molar-refractivity contribution in [2.75, 3.05) is 18.4 Å². The minimum absolute atomic E-state index is 0.0240. The van der Waals surface area contributed by atoms with E-state index in [1.807, 2.05) is 49.9 Å². The third-order valence-electron chi connectivity index (χ3n) is 4.12. The number of ether oxygens (including phenoxy) is 1. The highest BCUT2D eigenvalue weighted by atomic mass is 16.6. The number of likely N-dealkylation sites (tertiary alicyclic amines) is 1. The molecule has 1 aromatic rings. The molecule has 0 spiro atoms. The predicted octanol–water partition coefficient (Wildman–Crippen LogP) is 3.04. The van der Waals surface area contributed by atoms with Crippen molar-refractivity contribution < 1.29 is 14.3 Å². The van der Waals surface area contributed by atoms with Gasteiger partial charge >= 0.3 is 12.1 Å². The molecule has 0 bridgehead atoms. The van der Waals surface area contributed by atoms with Crippen LogP contribution in [-0.4, -0.2) is 46.7 Å². The fourth-order valence-electron chi connectivity index (χ4n) is 3.01. The van der Waals surface area contributed by atoms with Crippen LogP contribution >= 0.6 is 0 Å². The van der Waals surface area contributed by atoms with E-state index in [0.29, 0.717) is 19.6 Å². The number of amides is 3. The van der Waals surface area contributed by atoms with Gasteiger partial charge in [0.2, 0.25) is 0 Å². The summed E-state index contributed by atoms with van der Waals surface area (Å²) in [5.74, 6) is 0. The summed E-state index contributed by atoms with van der Waals surface area (Å²) in [5, 5.41) is 2.92. The van der Waals surface area contributed by atoms with E-state index in [4.69, 9.17) is 4.74 Å². The van der Waals surface area contributed by atoms with Gasteiger partial charge < -0.3 is 19.9 Å². The average Bonchev–Trinajstić information content (AvgIpc) is 2.94. The van der Waals surface area contributed by atoms with Gasteiger partial charge in [-0.15, -0.1) is 0 Å². The van der Waals surface area contributed by atoms with E-state index in [-0.39, 0.29) is 18.2 Å². The Morgan fingerprint density at radius 1 is 1.30 bits per heavy atom. The van der Waals surface area contributed by atoms with E-state index in [0.717, 1.165) is 17.7 Å². The number of anilines is 1. The molecule has 2 heterocycles. The minimum atomic E-state index is -0.503. The van der Waals surface area contributed by atoms with Gasteiger partial charge in [-0.1, -0.05) is 18.2 Å². The van der Waals surface area contributed by atoms with E-state index in [1.54, 1.807) is 4.90 Å². The van der Waals surface area contributed by atoms with E-state index in [1.165, 1.54) is 0 Å². The van der Waals surface area contributed by atoms with Crippen molar-refractivity contribution in [3.63, 3.8) is 0 Å². The molecule has 0 radical (unpaired) electrons. The smallest absolute Gasteiger partial charge is 0.410 e. The van der Waals surface area contributed by atoms with Gasteiger partial charge in [0.25, 0.3) is 0 Å². The van der Waals surface area contributed by atoms with Crippen LogP contribution in [0.5, 0.6) is 0 Å². The summed E-state index contributed by atoms with van der Waals surface area (Å²) in [6.45, 7) is 7.28. The zero-order chi connectivity index (χ0) is 16.6. The number of carbonyl (C=O) groups excluding carboxylic acids is 2. The number of benzene rings is 1. The normalized spacial score (nSPS) is 21.0. The van der Waals surface area contributed by atoms with Crippen LogP contribution in [0.4, 0.5) is 15.3 Å². The molecule has 23 heavy (non-hydrogen) atoms. The topological polar surface area (TPSA) is 61.9 Å². The summed E-state index contributed by atoms with van der Waals surface area (Å²) in [5.41, 5.74) is 1.47. The molecule has 2 aliphatic heterocycles. The molecule has 1 saturated heterocycles. The Hall–Kier alpha value is -2.24. The van der Waals surface area contributed by atoms with E-state index in [9.17, 15) is 9.59 Å². The summed E-state index contributed by atoms with van der Waals surface area (Å²) in [7, 11) is 0.